The van der Waals surface area contributed by atoms with Gasteiger partial charge < -0.3 is 10.6 Å². The van der Waals surface area contributed by atoms with Gasteiger partial charge in [-0.2, -0.15) is 0 Å². The number of carboxylic acid groups (broad SMARTS) is 1. The SMILES string of the molecule is CC(=O)O.O.[Er]. The third kappa shape index (κ3) is 138. The van der Waals surface area contributed by atoms with Crippen molar-refractivity contribution in [3.05, 3.63) is 0 Å². The van der Waals surface area contributed by atoms with E-state index < -0.39 is 5.97 Å². The van der Waals surface area contributed by atoms with E-state index >= 15 is 0 Å². The van der Waals surface area contributed by atoms with Crippen LogP contribution >= 0.6 is 0 Å². The molecule has 0 aliphatic carbocycles. The first kappa shape index (κ1) is 15.9. The zero-order chi connectivity index (χ0) is 3.58. The third-order valence-corrected chi connectivity index (χ3v) is 0. The van der Waals surface area contributed by atoms with Crippen LogP contribution in [0.1, 0.15) is 6.92 Å². The Hall–Kier alpha value is 0.677. The Morgan fingerprint density at radius 1 is 1.67 bits per heavy atom. The van der Waals surface area contributed by atoms with Gasteiger partial charge in [0.05, 0.1) is 0 Å². The molecule has 0 aromatic carbocycles. The summed E-state index contributed by atoms with van der Waals surface area (Å²) in [5.41, 5.74) is 0. The van der Waals surface area contributed by atoms with Gasteiger partial charge in [-0.3, -0.25) is 4.79 Å². The second-order valence-corrected chi connectivity index (χ2v) is 0.519. The van der Waals surface area contributed by atoms with E-state index in [9.17, 15) is 0 Å². The van der Waals surface area contributed by atoms with Gasteiger partial charge in [-0.25, -0.2) is 0 Å². The molecule has 0 radical (unpaired) electrons. The van der Waals surface area contributed by atoms with Gasteiger partial charge in [-0.1, -0.05) is 0 Å². The molecule has 0 unspecified atom stereocenters. The molecule has 3 nitrogen and oxygen atoms in total. The molecular weight excluding hydrogens is 239 g/mol. The van der Waals surface area contributed by atoms with E-state index in [4.69, 9.17) is 9.90 Å². The summed E-state index contributed by atoms with van der Waals surface area (Å²) in [6.07, 6.45) is 0. The molecule has 0 aliphatic heterocycles. The van der Waals surface area contributed by atoms with E-state index in [1.54, 1.807) is 0 Å². The maximum Gasteiger partial charge on any atom is 0.300 e. The Morgan fingerprint density at radius 2 is 1.67 bits per heavy atom. The van der Waals surface area contributed by atoms with Crippen LogP contribution in [-0.2, 0) is 4.79 Å². The fraction of sp³-hybridized carbons (Fsp3) is 0.500. The molecular formula is C2H6ErO3. The average molecular weight is 245 g/mol. The van der Waals surface area contributed by atoms with Crippen LogP contribution in [0.5, 0.6) is 0 Å². The molecule has 44 valence electrons. The molecule has 0 bridgehead atoms. The van der Waals surface area contributed by atoms with Crippen molar-refractivity contribution in [3.8, 4) is 0 Å². The zero-order valence-corrected chi connectivity index (χ0v) is 5.00. The van der Waals surface area contributed by atoms with Crippen LogP contribution in [-0.4, -0.2) is 16.6 Å². The monoisotopic (exact) mass is 244 g/mol. The van der Waals surface area contributed by atoms with E-state index in [1.807, 2.05) is 0 Å². The van der Waals surface area contributed by atoms with Crippen molar-refractivity contribution >= 4 is 5.97 Å². The summed E-state index contributed by atoms with van der Waals surface area (Å²) in [4.78, 5) is 9.00. The van der Waals surface area contributed by atoms with E-state index in [-0.39, 0.29) is 42.8 Å². The summed E-state index contributed by atoms with van der Waals surface area (Å²) < 4.78 is 0. The van der Waals surface area contributed by atoms with Crippen molar-refractivity contribution in [1.82, 2.24) is 0 Å². The van der Waals surface area contributed by atoms with E-state index in [0.29, 0.717) is 0 Å². The molecule has 0 saturated heterocycles. The molecule has 6 heavy (non-hydrogen) atoms. The van der Waals surface area contributed by atoms with Gasteiger partial charge in [0, 0.05) is 44.2 Å². The van der Waals surface area contributed by atoms with Gasteiger partial charge in [0.25, 0.3) is 5.97 Å². The van der Waals surface area contributed by atoms with Gasteiger partial charge in [0.1, 0.15) is 0 Å². The average Bonchev–Trinajstić information content (AvgIpc) is 0.811. The Bertz CT molecular complexity index is 31.8. The van der Waals surface area contributed by atoms with Crippen molar-refractivity contribution in [2.24, 2.45) is 0 Å². The summed E-state index contributed by atoms with van der Waals surface area (Å²) in [5.74, 6) is -0.833. The van der Waals surface area contributed by atoms with Gasteiger partial charge in [0.2, 0.25) is 0 Å². The third-order valence-electron chi connectivity index (χ3n) is 0. The normalized spacial score (nSPS) is 4.17. The minimum absolute atomic E-state index is 0. The maximum atomic E-state index is 9.00. The Morgan fingerprint density at radius 3 is 1.67 bits per heavy atom. The van der Waals surface area contributed by atoms with E-state index in [2.05, 4.69) is 0 Å². The molecule has 0 aromatic rings. The van der Waals surface area contributed by atoms with E-state index in [0.717, 1.165) is 6.92 Å². The second-order valence-electron chi connectivity index (χ2n) is 0.519. The summed E-state index contributed by atoms with van der Waals surface area (Å²) in [7, 11) is 0. The van der Waals surface area contributed by atoms with Gasteiger partial charge in [0.15, 0.2) is 0 Å². The van der Waals surface area contributed by atoms with Gasteiger partial charge in [-0.05, 0) is 0 Å². The maximum absolute atomic E-state index is 9.00. The summed E-state index contributed by atoms with van der Waals surface area (Å²) in [5, 5.41) is 7.42. The number of hydrogen-bond acceptors (Lipinski definition) is 1. The summed E-state index contributed by atoms with van der Waals surface area (Å²) in [6.45, 7) is 1.08. The number of hydrogen-bond donors (Lipinski definition) is 1. The molecule has 0 aliphatic rings. The van der Waals surface area contributed by atoms with Crippen LogP contribution < -0.4 is 0 Å². The molecule has 4 heteroatoms. The van der Waals surface area contributed by atoms with Crippen LogP contribution in [0.2, 0.25) is 0 Å². The predicted molar refractivity (Wildman–Crippen MR) is 16.9 cm³/mol. The van der Waals surface area contributed by atoms with Crippen molar-refractivity contribution in [3.63, 3.8) is 0 Å². The van der Waals surface area contributed by atoms with Crippen LogP contribution in [0.4, 0.5) is 0 Å². The number of carboxylic acids is 1. The molecule has 0 aromatic heterocycles. The zero-order valence-electron chi connectivity index (χ0n) is 3.14. The number of rotatable bonds is 0. The smallest absolute Gasteiger partial charge is 0.300 e. The molecule has 0 saturated carbocycles. The number of carbonyl (C=O) groups is 1. The first-order valence-corrected chi connectivity index (χ1v) is 0.928. The van der Waals surface area contributed by atoms with E-state index in [1.165, 1.54) is 0 Å². The van der Waals surface area contributed by atoms with Crippen LogP contribution in [0, 0.1) is 37.3 Å². The summed E-state index contributed by atoms with van der Waals surface area (Å²) >= 11 is 0. The topological polar surface area (TPSA) is 68.8 Å². The second kappa shape index (κ2) is 9.18. The van der Waals surface area contributed by atoms with Crippen molar-refractivity contribution in [2.45, 2.75) is 6.92 Å². The molecule has 0 amide bonds. The minimum atomic E-state index is -0.833. The van der Waals surface area contributed by atoms with Gasteiger partial charge >= 0.3 is 0 Å². The Balaban J connectivity index is -0.0000000450. The predicted octanol–water partition coefficient (Wildman–Crippen LogP) is -0.734. The number of aliphatic carboxylic acids is 1. The van der Waals surface area contributed by atoms with Crippen LogP contribution in [0.25, 0.3) is 0 Å². The molecule has 0 rings (SSSR count). The first-order valence-electron chi connectivity index (χ1n) is 0.928. The largest absolute Gasteiger partial charge is 0.481 e. The quantitative estimate of drug-likeness (QED) is 0.611. The minimum Gasteiger partial charge on any atom is -0.481 e. The molecule has 0 fully saturated rings. The molecule has 3 N–H and O–H groups in total. The molecule has 0 atom stereocenters. The van der Waals surface area contributed by atoms with Crippen LogP contribution in [0.15, 0.2) is 0 Å². The van der Waals surface area contributed by atoms with Crippen molar-refractivity contribution in [1.29, 1.82) is 0 Å². The van der Waals surface area contributed by atoms with Crippen LogP contribution in [0.3, 0.4) is 0 Å². The molecule has 0 spiro atoms. The standard InChI is InChI=1S/C2H4O2.Er.H2O/c1-2(3)4;;/h1H3,(H,3,4);;1H2. The molecule has 0 heterocycles. The Kier molecular flexibility index (Phi) is 24.4. The first-order chi connectivity index (χ1) is 1.73. The van der Waals surface area contributed by atoms with Crippen molar-refractivity contribution < 1.29 is 52.7 Å². The van der Waals surface area contributed by atoms with Gasteiger partial charge in [-0.15, -0.1) is 0 Å². The summed E-state index contributed by atoms with van der Waals surface area (Å²) in [6, 6.07) is 0. The fourth-order valence-corrected chi connectivity index (χ4v) is 0. The Labute approximate surface area is 65.2 Å². The van der Waals surface area contributed by atoms with Crippen molar-refractivity contribution in [2.75, 3.05) is 0 Å². The fourth-order valence-electron chi connectivity index (χ4n) is 0.